The Kier molecular flexibility index (Phi) is 4.13. The Balaban J connectivity index is 1.20. The Bertz CT molecular complexity index is 774. The fourth-order valence-corrected chi connectivity index (χ4v) is 7.23. The zero-order valence-electron chi connectivity index (χ0n) is 17.1. The molecule has 6 aliphatic rings. The van der Waals surface area contributed by atoms with Crippen molar-refractivity contribution in [2.45, 2.75) is 82.2 Å². The number of rotatable bonds is 2. The quantitative estimate of drug-likeness (QED) is 0.394. The molecule has 1 aliphatic heterocycles. The Morgan fingerprint density at radius 1 is 1.00 bits per heavy atom. The second-order valence-electron chi connectivity index (χ2n) is 10.2. The van der Waals surface area contributed by atoms with Crippen LogP contribution in [-0.2, 0) is 19.3 Å². The molecule has 2 atom stereocenters. The van der Waals surface area contributed by atoms with Gasteiger partial charge in [0.05, 0.1) is 0 Å². The van der Waals surface area contributed by atoms with Crippen molar-refractivity contribution >= 4 is 5.97 Å². The van der Waals surface area contributed by atoms with Gasteiger partial charge < -0.3 is 9.47 Å². The van der Waals surface area contributed by atoms with Crippen molar-refractivity contribution in [2.75, 3.05) is 0 Å². The molecule has 0 amide bonds. The number of carbonyl (C=O) groups is 1. The summed E-state index contributed by atoms with van der Waals surface area (Å²) in [5.41, 5.74) is 1.25. The summed E-state index contributed by atoms with van der Waals surface area (Å²) < 4.78 is 12.0. The molecule has 156 valence electrons. The van der Waals surface area contributed by atoms with Crippen LogP contribution >= 0.6 is 0 Å². The molecule has 1 aromatic rings. The fraction of sp³-hybridized carbons (Fsp3) is 0.708. The molecule has 0 N–H and O–H groups in total. The third-order valence-electron chi connectivity index (χ3n) is 8.23. The van der Waals surface area contributed by atoms with E-state index in [9.17, 15) is 4.79 Å². The lowest BCUT2D eigenvalue weighted by atomic mass is 9.53. The lowest BCUT2D eigenvalue weighted by molar-refractivity contribution is -0.390. The lowest BCUT2D eigenvalue weighted by Crippen LogP contribution is -2.59. The summed E-state index contributed by atoms with van der Waals surface area (Å²) in [6.07, 6.45) is 10.3. The van der Waals surface area contributed by atoms with Crippen molar-refractivity contribution in [3.05, 3.63) is 29.8 Å². The van der Waals surface area contributed by atoms with Gasteiger partial charge in [-0.25, -0.2) is 0 Å². The van der Waals surface area contributed by atoms with Crippen molar-refractivity contribution < 1.29 is 24.0 Å². The highest BCUT2D eigenvalue weighted by molar-refractivity contribution is 5.69. The maximum absolute atomic E-state index is 11.2. The third-order valence-corrected chi connectivity index (χ3v) is 8.23. The van der Waals surface area contributed by atoms with Crippen molar-refractivity contribution in [1.29, 1.82) is 0 Å². The molecular weight excluding hydrogens is 368 g/mol. The molecule has 1 aromatic carbocycles. The molecule has 4 bridgehead atoms. The Morgan fingerprint density at radius 2 is 1.69 bits per heavy atom. The second-order valence-corrected chi connectivity index (χ2v) is 10.2. The van der Waals surface area contributed by atoms with Crippen molar-refractivity contribution in [1.82, 2.24) is 0 Å². The van der Waals surface area contributed by atoms with Gasteiger partial charge in [0.15, 0.2) is 0 Å². The van der Waals surface area contributed by atoms with E-state index < -0.39 is 11.6 Å². The predicted molar refractivity (Wildman–Crippen MR) is 105 cm³/mol. The van der Waals surface area contributed by atoms with Crippen LogP contribution in [0.15, 0.2) is 24.3 Å². The van der Waals surface area contributed by atoms with E-state index in [1.807, 2.05) is 12.1 Å². The molecule has 2 spiro atoms. The van der Waals surface area contributed by atoms with Gasteiger partial charge in [-0.2, -0.15) is 9.78 Å². The third kappa shape index (κ3) is 2.96. The molecular formula is C24H30O5. The van der Waals surface area contributed by atoms with E-state index in [0.29, 0.717) is 23.5 Å². The molecule has 1 unspecified atom stereocenters. The number of benzene rings is 1. The summed E-state index contributed by atoms with van der Waals surface area (Å²) in [6.45, 7) is 1.42. The molecule has 0 radical (unpaired) electrons. The van der Waals surface area contributed by atoms with E-state index in [4.69, 9.17) is 19.2 Å². The summed E-state index contributed by atoms with van der Waals surface area (Å²) in [5, 5.41) is 0. The summed E-state index contributed by atoms with van der Waals surface area (Å²) >= 11 is 0. The van der Waals surface area contributed by atoms with E-state index in [1.165, 1.54) is 44.6 Å². The standard InChI is InChI=1S/C24H30O5/c1-15(25)26-22-6-4-18(5-7-22)19-3-2-8-23(14-19)27-24(29-28-23)20-10-16-9-17(12-20)13-21(24)11-16/h4-7,16-17,19-21H,2-3,8-14H2,1H3/t16?,17?,19?,20?,21?,23-,24?/m1/s1. The van der Waals surface area contributed by atoms with Gasteiger partial charge >= 0.3 is 5.97 Å². The van der Waals surface area contributed by atoms with Gasteiger partial charge in [-0.1, -0.05) is 12.1 Å². The van der Waals surface area contributed by atoms with Gasteiger partial charge in [-0.05, 0) is 80.4 Å². The average Bonchev–Trinajstić information content (AvgIpc) is 3.05. The van der Waals surface area contributed by atoms with Gasteiger partial charge in [0.25, 0.3) is 0 Å². The number of hydrogen-bond donors (Lipinski definition) is 0. The van der Waals surface area contributed by atoms with E-state index >= 15 is 0 Å². The van der Waals surface area contributed by atoms with Gasteiger partial charge in [0.1, 0.15) is 5.75 Å². The van der Waals surface area contributed by atoms with E-state index in [2.05, 4.69) is 12.1 Å². The fourth-order valence-electron chi connectivity index (χ4n) is 7.23. The summed E-state index contributed by atoms with van der Waals surface area (Å²) in [6, 6.07) is 7.89. The van der Waals surface area contributed by atoms with Crippen LogP contribution in [0.5, 0.6) is 5.75 Å². The maximum atomic E-state index is 11.2. The van der Waals surface area contributed by atoms with Gasteiger partial charge in [0, 0.05) is 31.6 Å². The summed E-state index contributed by atoms with van der Waals surface area (Å²) in [4.78, 5) is 23.4. The molecule has 1 heterocycles. The average molecular weight is 398 g/mol. The monoisotopic (exact) mass is 398 g/mol. The second kappa shape index (κ2) is 6.53. The van der Waals surface area contributed by atoms with Crippen LogP contribution in [0.1, 0.15) is 76.2 Å². The Hall–Kier alpha value is -1.43. The molecule has 7 rings (SSSR count). The zero-order chi connectivity index (χ0) is 19.6. The zero-order valence-corrected chi connectivity index (χ0v) is 17.1. The molecule has 1 saturated heterocycles. The number of carbonyl (C=O) groups excluding carboxylic acids is 1. The lowest BCUT2D eigenvalue weighted by Gasteiger charge is -2.57. The number of ether oxygens (including phenoxy) is 2. The smallest absolute Gasteiger partial charge is 0.308 e. The van der Waals surface area contributed by atoms with Crippen molar-refractivity contribution in [2.24, 2.45) is 23.7 Å². The first-order valence-corrected chi connectivity index (χ1v) is 11.4. The molecule has 5 aliphatic carbocycles. The van der Waals surface area contributed by atoms with E-state index in [0.717, 1.165) is 37.5 Å². The van der Waals surface area contributed by atoms with Crippen molar-refractivity contribution in [3.8, 4) is 5.75 Å². The Labute approximate surface area is 172 Å². The van der Waals surface area contributed by atoms with Crippen LogP contribution in [0.4, 0.5) is 0 Å². The van der Waals surface area contributed by atoms with Crippen LogP contribution < -0.4 is 4.74 Å². The van der Waals surface area contributed by atoms with Crippen LogP contribution in [0.2, 0.25) is 0 Å². The highest BCUT2D eigenvalue weighted by Crippen LogP contribution is 2.64. The van der Waals surface area contributed by atoms with Crippen LogP contribution in [0.25, 0.3) is 0 Å². The minimum Gasteiger partial charge on any atom is -0.427 e. The molecule has 29 heavy (non-hydrogen) atoms. The summed E-state index contributed by atoms with van der Waals surface area (Å²) in [5.74, 6) is 2.33. The highest BCUT2D eigenvalue weighted by atomic mass is 17.3. The molecule has 5 heteroatoms. The van der Waals surface area contributed by atoms with Crippen LogP contribution in [0, 0.1) is 23.7 Å². The van der Waals surface area contributed by atoms with Gasteiger partial charge in [-0.15, -0.1) is 0 Å². The minimum atomic E-state index is -0.604. The maximum Gasteiger partial charge on any atom is 0.308 e. The first-order chi connectivity index (χ1) is 14.0. The normalized spacial score (nSPS) is 45.2. The number of hydrogen-bond acceptors (Lipinski definition) is 5. The van der Waals surface area contributed by atoms with Gasteiger partial charge in [0.2, 0.25) is 11.6 Å². The predicted octanol–water partition coefficient (Wildman–Crippen LogP) is 5.10. The summed E-state index contributed by atoms with van der Waals surface area (Å²) in [7, 11) is 0. The van der Waals surface area contributed by atoms with E-state index in [-0.39, 0.29) is 5.97 Å². The van der Waals surface area contributed by atoms with E-state index in [1.54, 1.807) is 0 Å². The highest BCUT2D eigenvalue weighted by Gasteiger charge is 2.67. The number of esters is 1. The first kappa shape index (κ1) is 18.3. The largest absolute Gasteiger partial charge is 0.427 e. The minimum absolute atomic E-state index is 0.291. The SMILES string of the molecule is CC(=O)Oc1ccc(C2CCC[C@]3(C2)OOC2(O3)C3CC4CC(C3)CC2C4)cc1. The van der Waals surface area contributed by atoms with Crippen LogP contribution in [0.3, 0.4) is 0 Å². The molecule has 6 fully saturated rings. The molecule has 0 aromatic heterocycles. The first-order valence-electron chi connectivity index (χ1n) is 11.4. The van der Waals surface area contributed by atoms with Crippen LogP contribution in [-0.4, -0.2) is 17.5 Å². The van der Waals surface area contributed by atoms with Gasteiger partial charge in [-0.3, -0.25) is 4.79 Å². The topological polar surface area (TPSA) is 54.0 Å². The Morgan fingerprint density at radius 3 is 2.34 bits per heavy atom. The molecule has 5 nitrogen and oxygen atoms in total. The van der Waals surface area contributed by atoms with Crippen molar-refractivity contribution in [3.63, 3.8) is 0 Å². The molecule has 5 saturated carbocycles.